The molecule has 0 saturated heterocycles. The lowest BCUT2D eigenvalue weighted by Crippen LogP contribution is -2.21. The van der Waals surface area contributed by atoms with Crippen LogP contribution in [0.5, 0.6) is 0 Å². The Labute approximate surface area is 138 Å². The van der Waals surface area contributed by atoms with Crippen LogP contribution in [-0.4, -0.2) is 52.0 Å². The van der Waals surface area contributed by atoms with Crippen LogP contribution in [0.25, 0.3) is 0 Å². The third kappa shape index (κ3) is 7.62. The van der Waals surface area contributed by atoms with Crippen LogP contribution in [0.4, 0.5) is 0 Å². The second-order valence-corrected chi connectivity index (χ2v) is 5.42. The number of nitrogens with zero attached hydrogens (tertiary/aromatic N) is 1. The van der Waals surface area contributed by atoms with Gasteiger partial charge in [-0.3, -0.25) is 0 Å². The molecule has 0 bridgehead atoms. The third-order valence-electron chi connectivity index (χ3n) is 3.60. The Morgan fingerprint density at radius 1 is 1.26 bits per heavy atom. The fourth-order valence-electron chi connectivity index (χ4n) is 2.41. The van der Waals surface area contributed by atoms with E-state index in [1.807, 2.05) is 6.08 Å². The van der Waals surface area contributed by atoms with Gasteiger partial charge in [0.2, 0.25) is 0 Å². The van der Waals surface area contributed by atoms with E-state index in [0.717, 1.165) is 50.1 Å². The molecule has 6 heteroatoms. The van der Waals surface area contributed by atoms with E-state index in [-0.39, 0.29) is 0 Å². The average Bonchev–Trinajstić information content (AvgIpc) is 2.57. The van der Waals surface area contributed by atoms with Gasteiger partial charge in [-0.1, -0.05) is 0 Å². The van der Waals surface area contributed by atoms with Crippen molar-refractivity contribution in [1.29, 1.82) is 5.26 Å². The van der Waals surface area contributed by atoms with Gasteiger partial charge < -0.3 is 24.6 Å². The van der Waals surface area contributed by atoms with E-state index in [0.29, 0.717) is 25.2 Å². The van der Waals surface area contributed by atoms with E-state index >= 15 is 0 Å². The maximum atomic E-state index is 10.1. The quantitative estimate of drug-likeness (QED) is 0.343. The summed E-state index contributed by atoms with van der Waals surface area (Å²) in [4.78, 5) is 0. The highest BCUT2D eigenvalue weighted by Crippen LogP contribution is 2.25. The number of allylic oxidation sites excluding steroid dienone is 3. The van der Waals surface area contributed by atoms with Gasteiger partial charge in [-0.15, -0.1) is 0 Å². The molecule has 0 heterocycles. The van der Waals surface area contributed by atoms with Crippen LogP contribution in [0, 0.1) is 11.3 Å². The van der Waals surface area contributed by atoms with Crippen molar-refractivity contribution in [3.63, 3.8) is 0 Å². The highest BCUT2D eigenvalue weighted by Gasteiger charge is 2.18. The molecule has 6 nitrogen and oxygen atoms in total. The van der Waals surface area contributed by atoms with Crippen molar-refractivity contribution in [1.82, 2.24) is 5.32 Å². The van der Waals surface area contributed by atoms with E-state index in [9.17, 15) is 10.4 Å². The molecule has 0 fully saturated rings. The highest BCUT2D eigenvalue weighted by molar-refractivity contribution is 5.39. The molecule has 0 aromatic heterocycles. The number of hydrogen-bond acceptors (Lipinski definition) is 6. The first-order chi connectivity index (χ1) is 11.2. The first-order valence-corrected chi connectivity index (χ1v) is 8.08. The van der Waals surface area contributed by atoms with Crippen LogP contribution >= 0.6 is 0 Å². The normalized spacial score (nSPS) is 18.1. The van der Waals surface area contributed by atoms with Crippen molar-refractivity contribution in [2.75, 3.05) is 40.6 Å². The zero-order valence-electron chi connectivity index (χ0n) is 14.1. The zero-order chi connectivity index (χ0) is 16.9. The van der Waals surface area contributed by atoms with Crippen LogP contribution in [-0.2, 0) is 14.2 Å². The van der Waals surface area contributed by atoms with E-state index in [1.54, 1.807) is 14.2 Å². The molecule has 0 aliphatic heterocycles. The first-order valence-electron chi connectivity index (χ1n) is 8.08. The molecular formula is C17H28N2O4. The van der Waals surface area contributed by atoms with Gasteiger partial charge in [-0.25, -0.2) is 0 Å². The number of rotatable bonds is 11. The predicted molar refractivity (Wildman–Crippen MR) is 87.5 cm³/mol. The number of ether oxygens (including phenoxy) is 3. The molecule has 1 aliphatic rings. The lowest BCUT2D eigenvalue weighted by molar-refractivity contribution is -0.0736. The molecule has 1 unspecified atom stereocenters. The van der Waals surface area contributed by atoms with E-state index in [1.165, 1.54) is 0 Å². The Hall–Kier alpha value is -1.39. The van der Waals surface area contributed by atoms with Crippen molar-refractivity contribution >= 4 is 0 Å². The largest absolute Gasteiger partial charge is 0.388 e. The summed E-state index contributed by atoms with van der Waals surface area (Å²) in [7, 11) is 3.31. The number of nitrogens with one attached hydrogen (secondary N) is 1. The summed E-state index contributed by atoms with van der Waals surface area (Å²) in [5.74, 6) is 0. The van der Waals surface area contributed by atoms with Crippen molar-refractivity contribution in [2.45, 2.75) is 38.4 Å². The Kier molecular flexibility index (Phi) is 10.3. The smallest absolute Gasteiger partial charge is 0.191 e. The Balaban J connectivity index is 2.61. The summed E-state index contributed by atoms with van der Waals surface area (Å²) < 4.78 is 15.3. The lowest BCUT2D eigenvalue weighted by atomic mass is 9.95. The minimum Gasteiger partial charge on any atom is -0.388 e. The summed E-state index contributed by atoms with van der Waals surface area (Å²) in [5.41, 5.74) is 2.26. The minimum atomic E-state index is -1.17. The Morgan fingerprint density at radius 2 is 2.00 bits per heavy atom. The Morgan fingerprint density at radius 3 is 2.70 bits per heavy atom. The molecule has 23 heavy (non-hydrogen) atoms. The maximum absolute atomic E-state index is 10.1. The lowest BCUT2D eigenvalue weighted by Gasteiger charge is -2.20. The van der Waals surface area contributed by atoms with Crippen molar-refractivity contribution in [2.24, 2.45) is 0 Å². The van der Waals surface area contributed by atoms with Crippen LogP contribution in [0.1, 0.15) is 32.1 Å². The second-order valence-electron chi connectivity index (χ2n) is 5.42. The standard InChI is InChI=1S/C17H28N2O4/c1-21-9-4-8-19-15-7-3-6-14(12-15)16(13-18)17(20)23-11-5-10-22-2/h12,17,19-20H,3-11H2,1-2H3/b16-14-. The first kappa shape index (κ1) is 19.7. The average molecular weight is 324 g/mol. The van der Waals surface area contributed by atoms with Gasteiger partial charge in [0.25, 0.3) is 0 Å². The number of aliphatic hydroxyl groups is 1. The molecule has 0 aromatic carbocycles. The molecular weight excluding hydrogens is 296 g/mol. The molecule has 0 saturated carbocycles. The van der Waals surface area contributed by atoms with E-state index in [2.05, 4.69) is 11.4 Å². The molecule has 2 N–H and O–H groups in total. The topological polar surface area (TPSA) is 83.7 Å². The molecule has 1 aliphatic carbocycles. The van der Waals surface area contributed by atoms with Gasteiger partial charge in [0.15, 0.2) is 6.29 Å². The molecule has 0 amide bonds. The van der Waals surface area contributed by atoms with Gasteiger partial charge in [0.1, 0.15) is 6.07 Å². The molecule has 130 valence electrons. The third-order valence-corrected chi connectivity index (χ3v) is 3.60. The van der Waals surface area contributed by atoms with E-state index in [4.69, 9.17) is 14.2 Å². The number of hydrogen-bond donors (Lipinski definition) is 2. The van der Waals surface area contributed by atoms with Crippen LogP contribution in [0.15, 0.2) is 22.9 Å². The summed E-state index contributed by atoms with van der Waals surface area (Å²) >= 11 is 0. The highest BCUT2D eigenvalue weighted by atomic mass is 16.6. The SMILES string of the molecule is COCCCNC1=C/C(=C(/C#N)C(O)OCCCOC)CCC1. The van der Waals surface area contributed by atoms with Gasteiger partial charge in [-0.05, 0) is 43.8 Å². The van der Waals surface area contributed by atoms with Crippen molar-refractivity contribution in [3.05, 3.63) is 22.9 Å². The number of nitriles is 1. The molecule has 0 radical (unpaired) electrons. The van der Waals surface area contributed by atoms with Crippen molar-refractivity contribution < 1.29 is 19.3 Å². The van der Waals surface area contributed by atoms with Gasteiger partial charge in [0, 0.05) is 39.7 Å². The minimum absolute atomic E-state index is 0.304. The van der Waals surface area contributed by atoms with Crippen molar-refractivity contribution in [3.8, 4) is 6.07 Å². The monoisotopic (exact) mass is 324 g/mol. The van der Waals surface area contributed by atoms with Gasteiger partial charge in [-0.2, -0.15) is 5.26 Å². The fourth-order valence-corrected chi connectivity index (χ4v) is 2.41. The van der Waals surface area contributed by atoms with Crippen LogP contribution < -0.4 is 5.32 Å². The van der Waals surface area contributed by atoms with E-state index < -0.39 is 6.29 Å². The zero-order valence-corrected chi connectivity index (χ0v) is 14.1. The fraction of sp³-hybridized carbons (Fsp3) is 0.706. The summed E-state index contributed by atoms with van der Waals surface area (Å²) in [5, 5.41) is 22.8. The van der Waals surface area contributed by atoms with Gasteiger partial charge in [0.05, 0.1) is 12.2 Å². The molecule has 1 atom stereocenters. The Bertz CT molecular complexity index is 440. The van der Waals surface area contributed by atoms with Gasteiger partial charge >= 0.3 is 0 Å². The van der Waals surface area contributed by atoms with Crippen LogP contribution in [0.3, 0.4) is 0 Å². The predicted octanol–water partition coefficient (Wildman–Crippen LogP) is 1.87. The second kappa shape index (κ2) is 12.1. The molecule has 0 spiro atoms. The number of aliphatic hydroxyl groups excluding tert-OH is 1. The number of methoxy groups -OCH3 is 2. The summed E-state index contributed by atoms with van der Waals surface area (Å²) in [6.45, 7) is 2.49. The molecule has 1 rings (SSSR count). The summed E-state index contributed by atoms with van der Waals surface area (Å²) in [6, 6.07) is 2.09. The molecule has 0 aromatic rings. The maximum Gasteiger partial charge on any atom is 0.191 e. The van der Waals surface area contributed by atoms with Crippen LogP contribution in [0.2, 0.25) is 0 Å². The summed E-state index contributed by atoms with van der Waals surface area (Å²) in [6.07, 6.45) is 5.12.